The maximum atomic E-state index is 13.4. The topological polar surface area (TPSA) is 34.1 Å². The molecule has 19 heavy (non-hydrogen) atoms. The first-order valence-corrected chi connectivity index (χ1v) is 5.87. The van der Waals surface area contributed by atoms with Gasteiger partial charge in [-0.2, -0.15) is 4.39 Å². The minimum atomic E-state index is -1.00. The Morgan fingerprint density at radius 1 is 1.21 bits per heavy atom. The molecule has 1 atom stereocenters. The number of benzene rings is 1. The van der Waals surface area contributed by atoms with Gasteiger partial charge in [0.05, 0.1) is 11.9 Å². The number of aromatic nitrogens is 1. The summed E-state index contributed by atoms with van der Waals surface area (Å²) in [5.74, 6) is -1.74. The van der Waals surface area contributed by atoms with E-state index in [0.29, 0.717) is 5.75 Å². The highest BCUT2D eigenvalue weighted by molar-refractivity contribution is 5.31. The zero-order valence-corrected chi connectivity index (χ0v) is 10.7. The molecular weight excluding hydrogens is 250 g/mol. The Morgan fingerprint density at radius 2 is 2.00 bits per heavy atom. The van der Waals surface area contributed by atoms with Crippen molar-refractivity contribution in [3.63, 3.8) is 0 Å². The van der Waals surface area contributed by atoms with Crippen molar-refractivity contribution in [3.05, 3.63) is 53.9 Å². The quantitative estimate of drug-likeness (QED) is 0.918. The van der Waals surface area contributed by atoms with Crippen LogP contribution in [0.2, 0.25) is 0 Å². The molecule has 0 aliphatic carbocycles. The summed E-state index contributed by atoms with van der Waals surface area (Å²) in [6.07, 6.45) is 1.48. The Balaban J connectivity index is 2.18. The fourth-order valence-corrected chi connectivity index (χ4v) is 1.55. The molecule has 3 nitrogen and oxygen atoms in total. The fraction of sp³-hybridized carbons (Fsp3) is 0.214. The molecular formula is C14H14F2N2O. The lowest BCUT2D eigenvalue weighted by Crippen LogP contribution is -2.13. The lowest BCUT2D eigenvalue weighted by molar-refractivity contribution is 0.414. The lowest BCUT2D eigenvalue weighted by atomic mass is 10.2. The molecule has 1 aromatic heterocycles. The van der Waals surface area contributed by atoms with Crippen LogP contribution in [0.5, 0.6) is 11.5 Å². The molecule has 0 aliphatic heterocycles. The number of ether oxygens (including phenoxy) is 1. The Kier molecular flexibility index (Phi) is 4.06. The van der Waals surface area contributed by atoms with Crippen molar-refractivity contribution in [2.45, 2.75) is 13.0 Å². The first-order chi connectivity index (χ1) is 9.11. The number of nitrogens with one attached hydrogen (secondary N) is 1. The van der Waals surface area contributed by atoms with E-state index >= 15 is 0 Å². The second-order valence-electron chi connectivity index (χ2n) is 4.08. The van der Waals surface area contributed by atoms with Crippen molar-refractivity contribution in [1.29, 1.82) is 0 Å². The molecule has 2 rings (SSSR count). The molecule has 2 aromatic rings. The van der Waals surface area contributed by atoms with E-state index in [-0.39, 0.29) is 11.8 Å². The van der Waals surface area contributed by atoms with E-state index in [1.165, 1.54) is 18.3 Å². The normalized spacial score (nSPS) is 12.2. The molecule has 1 unspecified atom stereocenters. The zero-order valence-electron chi connectivity index (χ0n) is 10.7. The second-order valence-corrected chi connectivity index (χ2v) is 4.08. The van der Waals surface area contributed by atoms with E-state index in [9.17, 15) is 8.78 Å². The van der Waals surface area contributed by atoms with E-state index in [0.717, 1.165) is 11.8 Å². The number of halogens is 2. The smallest absolute Gasteiger partial charge is 0.201 e. The largest absolute Gasteiger partial charge is 0.453 e. The number of nitrogens with zero attached hydrogens (tertiary/aromatic N) is 1. The molecule has 0 spiro atoms. The van der Waals surface area contributed by atoms with Gasteiger partial charge < -0.3 is 10.1 Å². The van der Waals surface area contributed by atoms with E-state index in [1.54, 1.807) is 12.1 Å². The van der Waals surface area contributed by atoms with E-state index in [2.05, 4.69) is 10.3 Å². The number of pyridine rings is 1. The molecule has 5 heteroatoms. The molecule has 1 heterocycles. The van der Waals surface area contributed by atoms with Gasteiger partial charge in [-0.3, -0.25) is 4.98 Å². The SMILES string of the molecule is CNC(C)c1ccc(Oc2cccc(F)c2F)cn1. The van der Waals surface area contributed by atoms with Crippen LogP contribution in [0.25, 0.3) is 0 Å². The third-order valence-electron chi connectivity index (χ3n) is 2.78. The molecule has 0 bridgehead atoms. The maximum Gasteiger partial charge on any atom is 0.201 e. The molecule has 1 N–H and O–H groups in total. The third kappa shape index (κ3) is 3.06. The minimum absolute atomic E-state index is 0.111. The van der Waals surface area contributed by atoms with Gasteiger partial charge in [-0.1, -0.05) is 6.07 Å². The molecule has 0 amide bonds. The van der Waals surface area contributed by atoms with Crippen molar-refractivity contribution in [2.24, 2.45) is 0 Å². The molecule has 1 aromatic carbocycles. The van der Waals surface area contributed by atoms with Gasteiger partial charge in [0.2, 0.25) is 5.82 Å². The highest BCUT2D eigenvalue weighted by Gasteiger charge is 2.10. The molecule has 0 saturated heterocycles. The zero-order chi connectivity index (χ0) is 13.8. The Bertz CT molecular complexity index is 558. The average Bonchev–Trinajstić information content (AvgIpc) is 2.44. The van der Waals surface area contributed by atoms with Gasteiger partial charge in [0.15, 0.2) is 11.6 Å². The van der Waals surface area contributed by atoms with Gasteiger partial charge in [-0.25, -0.2) is 4.39 Å². The van der Waals surface area contributed by atoms with Crippen molar-refractivity contribution in [1.82, 2.24) is 10.3 Å². The van der Waals surface area contributed by atoms with Gasteiger partial charge in [0.25, 0.3) is 0 Å². The predicted octanol–water partition coefficient (Wildman–Crippen LogP) is 3.43. The highest BCUT2D eigenvalue weighted by Crippen LogP contribution is 2.25. The Morgan fingerprint density at radius 3 is 2.63 bits per heavy atom. The number of rotatable bonds is 4. The summed E-state index contributed by atoms with van der Waals surface area (Å²) in [5, 5.41) is 3.05. The summed E-state index contributed by atoms with van der Waals surface area (Å²) in [6, 6.07) is 7.34. The molecule has 0 aliphatic rings. The van der Waals surface area contributed by atoms with Crippen LogP contribution in [-0.2, 0) is 0 Å². The van der Waals surface area contributed by atoms with Gasteiger partial charge >= 0.3 is 0 Å². The maximum absolute atomic E-state index is 13.4. The average molecular weight is 264 g/mol. The summed E-state index contributed by atoms with van der Waals surface area (Å²) in [6.45, 7) is 1.97. The minimum Gasteiger partial charge on any atom is -0.453 e. The van der Waals surface area contributed by atoms with Crippen LogP contribution < -0.4 is 10.1 Å². The Labute approximate surface area is 110 Å². The van der Waals surface area contributed by atoms with Crippen LogP contribution >= 0.6 is 0 Å². The summed E-state index contributed by atoms with van der Waals surface area (Å²) in [5.41, 5.74) is 0.842. The fourth-order valence-electron chi connectivity index (χ4n) is 1.55. The van der Waals surface area contributed by atoms with E-state index in [1.807, 2.05) is 14.0 Å². The van der Waals surface area contributed by atoms with E-state index < -0.39 is 11.6 Å². The van der Waals surface area contributed by atoms with Crippen LogP contribution in [0, 0.1) is 11.6 Å². The summed E-state index contributed by atoms with van der Waals surface area (Å²) in [7, 11) is 1.83. The standard InChI is InChI=1S/C14H14F2N2O/c1-9(17-2)12-7-6-10(8-18-12)19-13-5-3-4-11(15)14(13)16/h3-9,17H,1-2H3. The van der Waals surface area contributed by atoms with Crippen LogP contribution in [0.15, 0.2) is 36.5 Å². The van der Waals surface area contributed by atoms with Crippen molar-refractivity contribution in [2.75, 3.05) is 7.05 Å². The van der Waals surface area contributed by atoms with Crippen LogP contribution in [-0.4, -0.2) is 12.0 Å². The summed E-state index contributed by atoms with van der Waals surface area (Å²) < 4.78 is 31.7. The number of hydrogen-bond acceptors (Lipinski definition) is 3. The monoisotopic (exact) mass is 264 g/mol. The van der Waals surface area contributed by atoms with Crippen molar-refractivity contribution >= 4 is 0 Å². The van der Waals surface area contributed by atoms with Gasteiger partial charge in [0, 0.05) is 6.04 Å². The number of hydrogen-bond donors (Lipinski definition) is 1. The van der Waals surface area contributed by atoms with Gasteiger partial charge in [-0.05, 0) is 38.2 Å². The lowest BCUT2D eigenvalue weighted by Gasteiger charge is -2.11. The first-order valence-electron chi connectivity index (χ1n) is 5.87. The van der Waals surface area contributed by atoms with Gasteiger partial charge in [0.1, 0.15) is 5.75 Å². The molecule has 0 radical (unpaired) electrons. The summed E-state index contributed by atoms with van der Waals surface area (Å²) >= 11 is 0. The molecule has 100 valence electrons. The Hall–Kier alpha value is -2.01. The van der Waals surface area contributed by atoms with E-state index in [4.69, 9.17) is 4.74 Å². The molecule has 0 fully saturated rings. The van der Waals surface area contributed by atoms with Crippen LogP contribution in [0.3, 0.4) is 0 Å². The van der Waals surface area contributed by atoms with Crippen LogP contribution in [0.4, 0.5) is 8.78 Å². The van der Waals surface area contributed by atoms with Gasteiger partial charge in [-0.15, -0.1) is 0 Å². The molecule has 0 saturated carbocycles. The van der Waals surface area contributed by atoms with Crippen molar-refractivity contribution < 1.29 is 13.5 Å². The predicted molar refractivity (Wildman–Crippen MR) is 68.1 cm³/mol. The van der Waals surface area contributed by atoms with Crippen LogP contribution in [0.1, 0.15) is 18.7 Å². The summed E-state index contributed by atoms with van der Waals surface area (Å²) in [4.78, 5) is 4.19. The highest BCUT2D eigenvalue weighted by atomic mass is 19.2. The first kappa shape index (κ1) is 13.4. The van der Waals surface area contributed by atoms with Crippen molar-refractivity contribution in [3.8, 4) is 11.5 Å². The third-order valence-corrected chi connectivity index (χ3v) is 2.78. The second kappa shape index (κ2) is 5.75.